The topological polar surface area (TPSA) is 54.9 Å². The smallest absolute Gasteiger partial charge is 0.251 e. The molecule has 4 nitrogen and oxygen atoms in total. The number of hydrogen-bond acceptors (Lipinski definition) is 4. The number of nitrogens with zero attached hydrogens (tertiary/aromatic N) is 2. The van der Waals surface area contributed by atoms with Gasteiger partial charge in [0.05, 0.1) is 11.0 Å². The molecule has 23 heavy (non-hydrogen) atoms. The molecule has 0 aliphatic rings. The van der Waals surface area contributed by atoms with Gasteiger partial charge in [-0.15, -0.1) is 17.9 Å². The minimum atomic E-state index is -0.111. The van der Waals surface area contributed by atoms with Gasteiger partial charge in [-0.2, -0.15) is 0 Å². The molecule has 0 spiro atoms. The van der Waals surface area contributed by atoms with Crippen molar-refractivity contribution in [2.75, 3.05) is 6.54 Å². The Kier molecular flexibility index (Phi) is 3.28. The first-order valence-electron chi connectivity index (χ1n) is 7.24. The summed E-state index contributed by atoms with van der Waals surface area (Å²) in [5.74, 6) is -0.111. The summed E-state index contributed by atoms with van der Waals surface area (Å²) in [4.78, 5) is 22.4. The lowest BCUT2D eigenvalue weighted by atomic mass is 10.1. The zero-order chi connectivity index (χ0) is 15.8. The molecule has 0 unspecified atom stereocenters. The summed E-state index contributed by atoms with van der Waals surface area (Å²) in [6, 6.07) is 13.5. The second-order valence-electron chi connectivity index (χ2n) is 5.18. The number of aromatic nitrogens is 2. The molecule has 2 aromatic carbocycles. The summed E-state index contributed by atoms with van der Waals surface area (Å²) in [6.07, 6.45) is 1.66. The average molecular weight is 319 g/mol. The van der Waals surface area contributed by atoms with E-state index in [0.717, 1.165) is 31.5 Å². The third-order valence-corrected chi connectivity index (χ3v) is 4.70. The standard InChI is InChI=1S/C18H13N3OS/c1-2-9-19-17(22)11-7-8-15-12(10-11)16-18(23-15)21-14-6-4-3-5-13(14)20-16/h2-8,10H,1,9H2,(H,19,22). The maximum Gasteiger partial charge on any atom is 0.251 e. The normalized spacial score (nSPS) is 11.1. The molecular weight excluding hydrogens is 306 g/mol. The number of benzene rings is 2. The van der Waals surface area contributed by atoms with Crippen LogP contribution in [0.15, 0.2) is 55.1 Å². The van der Waals surface area contributed by atoms with E-state index in [1.807, 2.05) is 42.5 Å². The second kappa shape index (κ2) is 5.44. The van der Waals surface area contributed by atoms with Crippen LogP contribution in [0.25, 0.3) is 31.5 Å². The van der Waals surface area contributed by atoms with Crippen LogP contribution in [-0.4, -0.2) is 22.4 Å². The minimum Gasteiger partial charge on any atom is -0.349 e. The molecule has 0 bridgehead atoms. The number of hydrogen-bond donors (Lipinski definition) is 1. The number of nitrogens with one attached hydrogen (secondary N) is 1. The monoisotopic (exact) mass is 319 g/mol. The van der Waals surface area contributed by atoms with E-state index < -0.39 is 0 Å². The molecule has 0 atom stereocenters. The molecule has 1 N–H and O–H groups in total. The Morgan fingerprint density at radius 2 is 1.96 bits per heavy atom. The van der Waals surface area contributed by atoms with E-state index in [1.165, 1.54) is 0 Å². The molecule has 0 saturated carbocycles. The van der Waals surface area contributed by atoms with Crippen LogP contribution in [0.1, 0.15) is 10.4 Å². The summed E-state index contributed by atoms with van der Waals surface area (Å²) < 4.78 is 1.08. The van der Waals surface area contributed by atoms with Crippen molar-refractivity contribution in [3.63, 3.8) is 0 Å². The predicted molar refractivity (Wildman–Crippen MR) is 95.0 cm³/mol. The molecule has 5 heteroatoms. The lowest BCUT2D eigenvalue weighted by Gasteiger charge is -2.02. The van der Waals surface area contributed by atoms with Gasteiger partial charge in [-0.05, 0) is 30.3 Å². The van der Waals surface area contributed by atoms with Crippen molar-refractivity contribution in [3.8, 4) is 0 Å². The van der Waals surface area contributed by atoms with Crippen LogP contribution in [-0.2, 0) is 0 Å². The van der Waals surface area contributed by atoms with Gasteiger partial charge in [0, 0.05) is 22.2 Å². The van der Waals surface area contributed by atoms with E-state index in [2.05, 4.69) is 16.9 Å². The first kappa shape index (κ1) is 13.8. The Labute approximate surface area is 136 Å². The summed E-state index contributed by atoms with van der Waals surface area (Å²) in [5.41, 5.74) is 3.22. The van der Waals surface area contributed by atoms with Gasteiger partial charge >= 0.3 is 0 Å². The summed E-state index contributed by atoms with van der Waals surface area (Å²) in [7, 11) is 0. The highest BCUT2D eigenvalue weighted by atomic mass is 32.1. The minimum absolute atomic E-state index is 0.111. The zero-order valence-electron chi connectivity index (χ0n) is 12.2. The molecule has 4 rings (SSSR count). The largest absolute Gasteiger partial charge is 0.349 e. The Morgan fingerprint density at radius 1 is 1.17 bits per heavy atom. The molecule has 2 aromatic heterocycles. The number of para-hydroxylation sites is 2. The number of amides is 1. The second-order valence-corrected chi connectivity index (χ2v) is 6.21. The van der Waals surface area contributed by atoms with Gasteiger partial charge in [0.15, 0.2) is 0 Å². The summed E-state index contributed by atoms with van der Waals surface area (Å²) in [6.45, 7) is 4.06. The first-order chi connectivity index (χ1) is 11.3. The van der Waals surface area contributed by atoms with E-state index in [9.17, 15) is 4.79 Å². The number of thiophene rings is 1. The van der Waals surface area contributed by atoms with Crippen LogP contribution in [0, 0.1) is 0 Å². The summed E-state index contributed by atoms with van der Waals surface area (Å²) >= 11 is 1.59. The van der Waals surface area contributed by atoms with Gasteiger partial charge in [-0.1, -0.05) is 18.2 Å². The molecule has 0 saturated heterocycles. The molecule has 4 aromatic rings. The molecule has 112 valence electrons. The van der Waals surface area contributed by atoms with E-state index in [1.54, 1.807) is 17.4 Å². The fourth-order valence-corrected chi connectivity index (χ4v) is 3.55. The van der Waals surface area contributed by atoms with Gasteiger partial charge in [0.2, 0.25) is 0 Å². The molecule has 0 radical (unpaired) electrons. The SMILES string of the molecule is C=CCNC(=O)c1ccc2sc3nc4ccccc4nc3c2c1. The molecule has 0 aliphatic heterocycles. The van der Waals surface area contributed by atoms with Crippen molar-refractivity contribution in [2.45, 2.75) is 0 Å². The molecule has 0 aliphatic carbocycles. The third-order valence-electron chi connectivity index (χ3n) is 3.65. The van der Waals surface area contributed by atoms with Gasteiger partial charge < -0.3 is 5.32 Å². The quantitative estimate of drug-likeness (QED) is 0.582. The van der Waals surface area contributed by atoms with Crippen molar-refractivity contribution in [2.24, 2.45) is 0 Å². The van der Waals surface area contributed by atoms with E-state index in [4.69, 9.17) is 4.98 Å². The van der Waals surface area contributed by atoms with Gasteiger partial charge in [0.1, 0.15) is 10.3 Å². The van der Waals surface area contributed by atoms with Crippen molar-refractivity contribution < 1.29 is 4.79 Å². The van der Waals surface area contributed by atoms with Crippen LogP contribution in [0.5, 0.6) is 0 Å². The molecule has 1 amide bonds. The van der Waals surface area contributed by atoms with Crippen LogP contribution >= 0.6 is 11.3 Å². The fraction of sp³-hybridized carbons (Fsp3) is 0.0556. The third kappa shape index (κ3) is 2.35. The number of rotatable bonds is 3. The highest BCUT2D eigenvalue weighted by Crippen LogP contribution is 2.33. The maximum absolute atomic E-state index is 12.1. The van der Waals surface area contributed by atoms with Crippen LogP contribution in [0.3, 0.4) is 0 Å². The predicted octanol–water partition coefficient (Wildman–Crippen LogP) is 3.91. The van der Waals surface area contributed by atoms with Crippen molar-refractivity contribution in [3.05, 3.63) is 60.7 Å². The lowest BCUT2D eigenvalue weighted by Crippen LogP contribution is -2.22. The van der Waals surface area contributed by atoms with Crippen LogP contribution < -0.4 is 5.32 Å². The lowest BCUT2D eigenvalue weighted by molar-refractivity contribution is 0.0958. The number of carbonyl (C=O) groups excluding carboxylic acids is 1. The van der Waals surface area contributed by atoms with Crippen molar-refractivity contribution in [1.29, 1.82) is 0 Å². The Bertz CT molecular complexity index is 1070. The van der Waals surface area contributed by atoms with Crippen molar-refractivity contribution in [1.82, 2.24) is 15.3 Å². The number of fused-ring (bicyclic) bond motifs is 4. The highest BCUT2D eigenvalue weighted by molar-refractivity contribution is 7.25. The van der Waals surface area contributed by atoms with Gasteiger partial charge in [-0.25, -0.2) is 9.97 Å². The molecule has 0 fully saturated rings. The number of carbonyl (C=O) groups is 1. The van der Waals surface area contributed by atoms with Crippen LogP contribution in [0.2, 0.25) is 0 Å². The fourth-order valence-electron chi connectivity index (χ4n) is 2.55. The average Bonchev–Trinajstić information content (AvgIpc) is 2.94. The molecule has 2 heterocycles. The zero-order valence-corrected chi connectivity index (χ0v) is 13.1. The highest BCUT2D eigenvalue weighted by Gasteiger charge is 2.12. The van der Waals surface area contributed by atoms with Gasteiger partial charge in [-0.3, -0.25) is 4.79 Å². The Morgan fingerprint density at radius 3 is 2.74 bits per heavy atom. The van der Waals surface area contributed by atoms with Crippen molar-refractivity contribution >= 4 is 48.7 Å². The Balaban J connectivity index is 1.92. The molecular formula is C18H13N3OS. The maximum atomic E-state index is 12.1. The van der Waals surface area contributed by atoms with Gasteiger partial charge in [0.25, 0.3) is 5.91 Å². The first-order valence-corrected chi connectivity index (χ1v) is 8.06. The van der Waals surface area contributed by atoms with E-state index in [-0.39, 0.29) is 5.91 Å². The van der Waals surface area contributed by atoms with E-state index in [0.29, 0.717) is 12.1 Å². The summed E-state index contributed by atoms with van der Waals surface area (Å²) in [5, 5.41) is 3.76. The Hall–Kier alpha value is -2.79. The van der Waals surface area contributed by atoms with E-state index >= 15 is 0 Å². The van der Waals surface area contributed by atoms with Crippen LogP contribution in [0.4, 0.5) is 0 Å².